The van der Waals surface area contributed by atoms with E-state index in [4.69, 9.17) is 31.2 Å². The first-order valence-corrected chi connectivity index (χ1v) is 18.4. The van der Waals surface area contributed by atoms with Gasteiger partial charge in [0.05, 0.1) is 18.6 Å². The van der Waals surface area contributed by atoms with Crippen molar-refractivity contribution in [3.63, 3.8) is 0 Å². The van der Waals surface area contributed by atoms with E-state index in [-0.39, 0.29) is 12.2 Å². The second-order valence-corrected chi connectivity index (χ2v) is 13.9. The monoisotopic (exact) mass is 662 g/mol. The third-order valence-corrected chi connectivity index (χ3v) is 10.4. The number of nitrogens with zero attached hydrogens (tertiary/aromatic N) is 4. The Morgan fingerprint density at radius 3 is 1.29 bits per heavy atom. The molecular formula is C35H60N4O4P2. The first kappa shape index (κ1) is 45.4. The van der Waals surface area contributed by atoms with Crippen LogP contribution in [0.25, 0.3) is 9.69 Å². The average molecular weight is 663 g/mol. The lowest BCUT2D eigenvalue weighted by molar-refractivity contribution is 0.133. The van der Waals surface area contributed by atoms with Crippen molar-refractivity contribution < 1.29 is 18.1 Å². The van der Waals surface area contributed by atoms with E-state index in [1.165, 1.54) is 0 Å². The molecule has 0 aliphatic rings. The maximum absolute atomic E-state index is 6.92. The molecule has 0 N–H and O–H groups in total. The standard InChI is InChI=1S/C19H31N2O2P.C16H29N2O2P/c1-8-10-11-12-13-14-19(9-2)23-24(22-16-15-20-7)21(17(3)4)18(5)6;1-8-10-11-16(9-2)20-21(19-13-12-17-7)18(14(3)4)15(5)6/h17-19H,9,11,14-16H2,1-6H3;14-16H,9,11-13H2,1-6H3/t19-,24?;/m1./s1. The molecule has 0 aliphatic heterocycles. The van der Waals surface area contributed by atoms with Crippen molar-refractivity contribution in [2.75, 3.05) is 26.3 Å². The molecule has 254 valence electrons. The van der Waals surface area contributed by atoms with Gasteiger partial charge in [0.25, 0.3) is 17.1 Å². The Balaban J connectivity index is 0. The van der Waals surface area contributed by atoms with Crippen LogP contribution in [0.2, 0.25) is 0 Å². The highest BCUT2D eigenvalue weighted by Crippen LogP contribution is 2.48. The predicted molar refractivity (Wildman–Crippen MR) is 192 cm³/mol. The van der Waals surface area contributed by atoms with Crippen LogP contribution in [0.1, 0.15) is 115 Å². The van der Waals surface area contributed by atoms with E-state index >= 15 is 0 Å². The maximum atomic E-state index is 6.92. The summed E-state index contributed by atoms with van der Waals surface area (Å²) in [6.45, 7) is 40.3. The maximum Gasteiger partial charge on any atom is 0.259 e. The Hall–Kier alpha value is -1.72. The van der Waals surface area contributed by atoms with Crippen LogP contribution in [-0.2, 0) is 18.1 Å². The Kier molecular flexibility index (Phi) is 29.9. The van der Waals surface area contributed by atoms with E-state index in [2.05, 4.69) is 124 Å². The molecule has 0 heterocycles. The molecule has 0 saturated heterocycles. The predicted octanol–water partition coefficient (Wildman–Crippen LogP) is 9.35. The molecule has 0 spiro atoms. The Morgan fingerprint density at radius 1 is 0.600 bits per heavy atom. The van der Waals surface area contributed by atoms with Crippen molar-refractivity contribution in [1.29, 1.82) is 0 Å². The third kappa shape index (κ3) is 22.4. The largest absolute Gasteiger partial charge is 0.318 e. The smallest absolute Gasteiger partial charge is 0.259 e. The van der Waals surface area contributed by atoms with Crippen LogP contribution in [0.3, 0.4) is 0 Å². The molecule has 0 amide bonds. The van der Waals surface area contributed by atoms with E-state index in [1.54, 1.807) is 0 Å². The lowest BCUT2D eigenvalue weighted by Crippen LogP contribution is -2.34. The van der Waals surface area contributed by atoms with Gasteiger partial charge in [-0.3, -0.25) is 0 Å². The molecule has 0 fully saturated rings. The van der Waals surface area contributed by atoms with Gasteiger partial charge >= 0.3 is 0 Å². The van der Waals surface area contributed by atoms with Gasteiger partial charge in [0.1, 0.15) is 13.2 Å². The zero-order chi connectivity index (χ0) is 34.6. The molecule has 0 aromatic heterocycles. The van der Waals surface area contributed by atoms with Gasteiger partial charge in [-0.15, -0.1) is 17.8 Å². The summed E-state index contributed by atoms with van der Waals surface area (Å²) >= 11 is 0. The van der Waals surface area contributed by atoms with Crippen LogP contribution >= 0.6 is 17.1 Å². The van der Waals surface area contributed by atoms with Gasteiger partial charge in [-0.2, -0.15) is 0 Å². The number of hydrogen-bond donors (Lipinski definition) is 0. The molecule has 0 rings (SSSR count). The fourth-order valence-corrected chi connectivity index (χ4v) is 7.49. The Bertz CT molecular complexity index is 1010. The highest BCUT2D eigenvalue weighted by atomic mass is 31.2. The van der Waals surface area contributed by atoms with Gasteiger partial charge in [-0.1, -0.05) is 31.6 Å². The van der Waals surface area contributed by atoms with Crippen LogP contribution < -0.4 is 0 Å². The summed E-state index contributed by atoms with van der Waals surface area (Å²) in [5.41, 5.74) is 0. The molecule has 3 unspecified atom stereocenters. The molecule has 10 heteroatoms. The molecule has 0 bridgehead atoms. The minimum Gasteiger partial charge on any atom is -0.318 e. The van der Waals surface area contributed by atoms with Gasteiger partial charge in [0.15, 0.2) is 0 Å². The SMILES string of the molecule is [C-]#[N+]CCOP(OC(CC)CC#CC)N(C(C)C)C(C)C.[C-]#[N+]CCOP(O[C@H](CC)CC#CCC#CC)N(C(C)C)C(C)C. The van der Waals surface area contributed by atoms with Crippen molar-refractivity contribution >= 4 is 17.1 Å². The Morgan fingerprint density at radius 2 is 0.978 bits per heavy atom. The summed E-state index contributed by atoms with van der Waals surface area (Å²) < 4.78 is 28.8. The molecular weight excluding hydrogens is 602 g/mol. The number of hydrogen-bond acceptors (Lipinski definition) is 6. The summed E-state index contributed by atoms with van der Waals surface area (Å²) in [6.07, 6.45) is 3.90. The Labute approximate surface area is 280 Å². The lowest BCUT2D eigenvalue weighted by atomic mass is 10.2. The highest BCUT2D eigenvalue weighted by molar-refractivity contribution is 7.44. The molecule has 0 radical (unpaired) electrons. The molecule has 4 atom stereocenters. The topological polar surface area (TPSA) is 52.1 Å². The van der Waals surface area contributed by atoms with Crippen LogP contribution in [0.4, 0.5) is 0 Å². The minimum atomic E-state index is -1.19. The summed E-state index contributed by atoms with van der Waals surface area (Å²) in [6, 6.07) is 1.29. The highest BCUT2D eigenvalue weighted by Gasteiger charge is 2.30. The van der Waals surface area contributed by atoms with Crippen molar-refractivity contribution in [3.05, 3.63) is 22.8 Å². The fraction of sp³-hybridized carbons (Fsp3) is 0.771. The fourth-order valence-electron chi connectivity index (χ4n) is 3.94. The van der Waals surface area contributed by atoms with Crippen LogP contribution in [0, 0.1) is 48.7 Å². The van der Waals surface area contributed by atoms with E-state index in [1.807, 2.05) is 13.8 Å². The quantitative estimate of drug-likeness (QED) is 0.0561. The first-order valence-electron chi connectivity index (χ1n) is 16.1. The molecule has 0 saturated carbocycles. The molecule has 0 aromatic carbocycles. The van der Waals surface area contributed by atoms with Crippen molar-refractivity contribution in [3.8, 4) is 35.5 Å². The van der Waals surface area contributed by atoms with Gasteiger partial charge in [-0.25, -0.2) is 22.5 Å². The van der Waals surface area contributed by atoms with Gasteiger partial charge < -0.3 is 27.8 Å². The van der Waals surface area contributed by atoms with Crippen molar-refractivity contribution in [2.24, 2.45) is 0 Å². The van der Waals surface area contributed by atoms with Crippen LogP contribution in [-0.4, -0.2) is 72.0 Å². The van der Waals surface area contributed by atoms with Crippen molar-refractivity contribution in [2.45, 2.75) is 152 Å². The average Bonchev–Trinajstić information content (AvgIpc) is 2.97. The van der Waals surface area contributed by atoms with Crippen LogP contribution in [0.15, 0.2) is 0 Å². The van der Waals surface area contributed by atoms with E-state index in [0.717, 1.165) is 19.3 Å². The zero-order valence-electron chi connectivity index (χ0n) is 30.1. The molecule has 8 nitrogen and oxygen atoms in total. The molecule has 0 aliphatic carbocycles. The minimum absolute atomic E-state index is 0.0335. The third-order valence-electron chi connectivity index (χ3n) is 6.01. The van der Waals surface area contributed by atoms with E-state index in [9.17, 15) is 0 Å². The molecule has 0 aromatic rings. The van der Waals surface area contributed by atoms with Gasteiger partial charge in [0, 0.05) is 37.0 Å². The second kappa shape index (κ2) is 29.7. The second-order valence-electron chi connectivity index (χ2n) is 11.1. The summed E-state index contributed by atoms with van der Waals surface area (Å²) in [5.74, 6) is 18.0. The number of rotatable bonds is 20. The molecule has 45 heavy (non-hydrogen) atoms. The zero-order valence-corrected chi connectivity index (χ0v) is 31.9. The van der Waals surface area contributed by atoms with Crippen LogP contribution in [0.5, 0.6) is 0 Å². The lowest BCUT2D eigenvalue weighted by Gasteiger charge is -2.36. The summed E-state index contributed by atoms with van der Waals surface area (Å²) in [5, 5.41) is 0. The van der Waals surface area contributed by atoms with Crippen molar-refractivity contribution in [1.82, 2.24) is 9.34 Å². The van der Waals surface area contributed by atoms with Gasteiger partial charge in [-0.05, 0) is 82.1 Å². The summed E-state index contributed by atoms with van der Waals surface area (Å²) in [4.78, 5) is 6.70. The van der Waals surface area contributed by atoms with E-state index < -0.39 is 17.1 Å². The summed E-state index contributed by atoms with van der Waals surface area (Å²) in [7, 11) is -2.35. The first-order chi connectivity index (χ1) is 21.4. The van der Waals surface area contributed by atoms with Gasteiger partial charge in [0.2, 0.25) is 13.1 Å². The normalized spacial score (nSPS) is 13.4. The van der Waals surface area contributed by atoms with E-state index in [0.29, 0.717) is 63.3 Å².